The second-order valence-corrected chi connectivity index (χ2v) is 4.00. The molecule has 0 heterocycles. The monoisotopic (exact) mass is 175 g/mol. The van der Waals surface area contributed by atoms with Crippen molar-refractivity contribution in [1.82, 2.24) is 5.32 Å². The lowest BCUT2D eigenvalue weighted by molar-refractivity contribution is 0.138. The lowest BCUT2D eigenvalue weighted by atomic mass is 10.1. The summed E-state index contributed by atoms with van der Waals surface area (Å²) in [6, 6.07) is 0.416. The average Bonchev–Trinajstić information content (AvgIpc) is 2.83. The van der Waals surface area contributed by atoms with Crippen LogP contribution in [0.5, 0.6) is 0 Å². The number of hydrogen-bond acceptors (Lipinski definition) is 1. The Morgan fingerprint density at radius 2 is 1.58 bits per heavy atom. The summed E-state index contributed by atoms with van der Waals surface area (Å²) in [5, 5.41) is 2.99. The van der Waals surface area contributed by atoms with Crippen LogP contribution in [0.4, 0.5) is 8.78 Å². The van der Waals surface area contributed by atoms with Gasteiger partial charge in [0.1, 0.15) is 0 Å². The Morgan fingerprint density at radius 1 is 1.08 bits per heavy atom. The zero-order chi connectivity index (χ0) is 8.55. The van der Waals surface area contributed by atoms with Crippen molar-refractivity contribution in [3.8, 4) is 0 Å². The van der Waals surface area contributed by atoms with Gasteiger partial charge < -0.3 is 5.32 Å². The SMILES string of the molecule is FC(F)CNC(C1CC1)C1CC1. The van der Waals surface area contributed by atoms with E-state index in [4.69, 9.17) is 0 Å². The van der Waals surface area contributed by atoms with E-state index in [2.05, 4.69) is 5.32 Å². The third-order valence-electron chi connectivity index (χ3n) is 2.77. The Morgan fingerprint density at radius 3 is 1.92 bits per heavy atom. The minimum atomic E-state index is -2.19. The van der Waals surface area contributed by atoms with E-state index < -0.39 is 6.43 Å². The second kappa shape index (κ2) is 3.29. The van der Waals surface area contributed by atoms with Gasteiger partial charge in [-0.05, 0) is 37.5 Å². The fraction of sp³-hybridized carbons (Fsp3) is 1.00. The molecule has 12 heavy (non-hydrogen) atoms. The van der Waals surface area contributed by atoms with E-state index in [9.17, 15) is 8.78 Å². The van der Waals surface area contributed by atoms with Gasteiger partial charge >= 0.3 is 0 Å². The average molecular weight is 175 g/mol. The van der Waals surface area contributed by atoms with Crippen LogP contribution in [0.2, 0.25) is 0 Å². The molecule has 2 aliphatic carbocycles. The number of halogens is 2. The van der Waals surface area contributed by atoms with Gasteiger partial charge in [0.2, 0.25) is 0 Å². The molecule has 70 valence electrons. The van der Waals surface area contributed by atoms with Crippen LogP contribution in [0.25, 0.3) is 0 Å². The smallest absolute Gasteiger partial charge is 0.250 e. The molecule has 1 nitrogen and oxygen atoms in total. The first-order chi connectivity index (χ1) is 5.77. The van der Waals surface area contributed by atoms with Crippen LogP contribution < -0.4 is 5.32 Å². The van der Waals surface area contributed by atoms with Gasteiger partial charge in [-0.15, -0.1) is 0 Å². The topological polar surface area (TPSA) is 12.0 Å². The highest BCUT2D eigenvalue weighted by Gasteiger charge is 2.41. The maximum Gasteiger partial charge on any atom is 0.250 e. The van der Waals surface area contributed by atoms with Gasteiger partial charge in [0.05, 0.1) is 6.54 Å². The molecule has 1 N–H and O–H groups in total. The summed E-state index contributed by atoms with van der Waals surface area (Å²) >= 11 is 0. The highest BCUT2D eigenvalue weighted by Crippen LogP contribution is 2.44. The van der Waals surface area contributed by atoms with E-state index in [0.717, 1.165) is 11.8 Å². The number of rotatable bonds is 5. The van der Waals surface area contributed by atoms with Crippen LogP contribution in [0.3, 0.4) is 0 Å². The summed E-state index contributed by atoms with van der Waals surface area (Å²) in [6.07, 6.45) is 2.80. The van der Waals surface area contributed by atoms with E-state index in [1.54, 1.807) is 0 Å². The molecular weight excluding hydrogens is 160 g/mol. The van der Waals surface area contributed by atoms with Crippen molar-refractivity contribution in [3.05, 3.63) is 0 Å². The second-order valence-electron chi connectivity index (χ2n) is 4.00. The molecule has 0 aliphatic heterocycles. The van der Waals surface area contributed by atoms with Crippen molar-refractivity contribution in [2.75, 3.05) is 6.54 Å². The standard InChI is InChI=1S/C9H15F2N/c10-8(11)5-12-9(6-1-2-6)7-3-4-7/h6-9,12H,1-5H2. The highest BCUT2D eigenvalue weighted by molar-refractivity contribution is 4.96. The largest absolute Gasteiger partial charge is 0.308 e. The third-order valence-corrected chi connectivity index (χ3v) is 2.77. The molecule has 0 aromatic heterocycles. The molecule has 2 fully saturated rings. The maximum atomic E-state index is 11.9. The van der Waals surface area contributed by atoms with E-state index in [1.165, 1.54) is 25.7 Å². The van der Waals surface area contributed by atoms with Crippen LogP contribution >= 0.6 is 0 Å². The fourth-order valence-corrected chi connectivity index (χ4v) is 1.85. The molecule has 2 saturated carbocycles. The zero-order valence-electron chi connectivity index (χ0n) is 7.10. The molecule has 0 aromatic carbocycles. The Kier molecular flexibility index (Phi) is 2.31. The molecule has 2 rings (SSSR count). The molecular formula is C9H15F2N. The first-order valence-corrected chi connectivity index (χ1v) is 4.79. The van der Waals surface area contributed by atoms with Gasteiger partial charge in [0.15, 0.2) is 0 Å². The van der Waals surface area contributed by atoms with Crippen LogP contribution in [0, 0.1) is 11.8 Å². The molecule has 0 unspecified atom stereocenters. The lowest BCUT2D eigenvalue weighted by Crippen LogP contribution is -2.36. The number of alkyl halides is 2. The Labute approximate surface area is 71.5 Å². The van der Waals surface area contributed by atoms with Gasteiger partial charge in [-0.2, -0.15) is 0 Å². The maximum absolute atomic E-state index is 11.9. The summed E-state index contributed by atoms with van der Waals surface area (Å²) in [6.45, 7) is -0.113. The van der Waals surface area contributed by atoms with Crippen LogP contribution in [-0.2, 0) is 0 Å². The van der Waals surface area contributed by atoms with Crippen LogP contribution in [-0.4, -0.2) is 19.0 Å². The van der Waals surface area contributed by atoms with Gasteiger partial charge in [0, 0.05) is 6.04 Å². The molecule has 0 amide bonds. The van der Waals surface area contributed by atoms with Crippen molar-refractivity contribution >= 4 is 0 Å². The van der Waals surface area contributed by atoms with Crippen molar-refractivity contribution in [3.63, 3.8) is 0 Å². The number of nitrogens with one attached hydrogen (secondary N) is 1. The normalized spacial score (nSPS) is 24.0. The van der Waals surface area contributed by atoms with E-state index in [0.29, 0.717) is 6.04 Å². The van der Waals surface area contributed by atoms with Crippen molar-refractivity contribution < 1.29 is 8.78 Å². The van der Waals surface area contributed by atoms with Gasteiger partial charge in [-0.3, -0.25) is 0 Å². The summed E-state index contributed by atoms with van der Waals surface area (Å²) in [5.41, 5.74) is 0. The first kappa shape index (κ1) is 8.42. The minimum Gasteiger partial charge on any atom is -0.308 e. The molecule has 0 aromatic rings. The lowest BCUT2D eigenvalue weighted by Gasteiger charge is -2.16. The Hall–Kier alpha value is -0.180. The molecule has 0 spiro atoms. The van der Waals surface area contributed by atoms with Crippen molar-refractivity contribution in [1.29, 1.82) is 0 Å². The van der Waals surface area contributed by atoms with E-state index in [1.807, 2.05) is 0 Å². The van der Waals surface area contributed by atoms with E-state index >= 15 is 0 Å². The molecule has 3 heteroatoms. The van der Waals surface area contributed by atoms with Gasteiger partial charge in [0.25, 0.3) is 6.43 Å². The summed E-state index contributed by atoms with van der Waals surface area (Å²) in [5.74, 6) is 1.44. The number of hydrogen-bond donors (Lipinski definition) is 1. The van der Waals surface area contributed by atoms with Crippen LogP contribution in [0.1, 0.15) is 25.7 Å². The van der Waals surface area contributed by atoms with E-state index in [-0.39, 0.29) is 6.54 Å². The molecule has 0 radical (unpaired) electrons. The quantitative estimate of drug-likeness (QED) is 0.674. The third kappa shape index (κ3) is 2.16. The first-order valence-electron chi connectivity index (χ1n) is 4.79. The van der Waals surface area contributed by atoms with Crippen molar-refractivity contribution in [2.45, 2.75) is 38.2 Å². The zero-order valence-corrected chi connectivity index (χ0v) is 7.10. The van der Waals surface area contributed by atoms with Gasteiger partial charge in [-0.1, -0.05) is 0 Å². The molecule has 0 bridgehead atoms. The Bertz CT molecular complexity index is 141. The van der Waals surface area contributed by atoms with Gasteiger partial charge in [-0.25, -0.2) is 8.78 Å². The summed E-state index contributed by atoms with van der Waals surface area (Å²) in [7, 11) is 0. The summed E-state index contributed by atoms with van der Waals surface area (Å²) in [4.78, 5) is 0. The Balaban J connectivity index is 1.73. The van der Waals surface area contributed by atoms with Crippen molar-refractivity contribution in [2.24, 2.45) is 11.8 Å². The molecule has 0 atom stereocenters. The molecule has 2 aliphatic rings. The van der Waals surface area contributed by atoms with Crippen LogP contribution in [0.15, 0.2) is 0 Å². The summed E-state index contributed by atoms with van der Waals surface area (Å²) < 4.78 is 23.8. The fourth-order valence-electron chi connectivity index (χ4n) is 1.85. The minimum absolute atomic E-state index is 0.113. The predicted molar refractivity (Wildman–Crippen MR) is 43.2 cm³/mol. The predicted octanol–water partition coefficient (Wildman–Crippen LogP) is 2.03. The highest BCUT2D eigenvalue weighted by atomic mass is 19.3. The molecule has 0 saturated heterocycles.